The molecule has 0 aliphatic carbocycles. The molecule has 15 nitrogen and oxygen atoms in total. The van der Waals surface area contributed by atoms with Gasteiger partial charge in [-0.1, -0.05) is 6.58 Å². The average molecular weight is 619 g/mol. The van der Waals surface area contributed by atoms with Crippen molar-refractivity contribution in [3.05, 3.63) is 24.5 Å². The Hall–Kier alpha value is -4.09. The van der Waals surface area contributed by atoms with Crippen molar-refractivity contribution in [2.45, 2.75) is 25.5 Å². The second-order valence-corrected chi connectivity index (χ2v) is 10.6. The molecule has 17 heteroatoms. The van der Waals surface area contributed by atoms with Crippen LogP contribution in [-0.4, -0.2) is 138 Å². The molecule has 2 aromatic rings. The molecule has 2 atom stereocenters. The Morgan fingerprint density at radius 1 is 1.09 bits per heavy atom. The number of morpholine rings is 2. The van der Waals surface area contributed by atoms with Gasteiger partial charge in [-0.15, -0.1) is 0 Å². The van der Waals surface area contributed by atoms with Crippen LogP contribution in [0.1, 0.15) is 19.0 Å². The summed E-state index contributed by atoms with van der Waals surface area (Å²) in [4.78, 5) is 53.3. The smallest absolute Gasteiger partial charge is 0.281 e. The minimum atomic E-state index is -2.92. The Balaban J connectivity index is 1.25. The lowest BCUT2D eigenvalue weighted by molar-refractivity contribution is -0.143. The van der Waals surface area contributed by atoms with Crippen molar-refractivity contribution >= 4 is 29.7 Å². The number of amides is 2. The van der Waals surface area contributed by atoms with Crippen LogP contribution >= 0.6 is 0 Å². The first-order chi connectivity index (χ1) is 21.2. The van der Waals surface area contributed by atoms with E-state index in [2.05, 4.69) is 31.5 Å². The van der Waals surface area contributed by atoms with E-state index in [0.29, 0.717) is 71.6 Å². The number of carbonyl (C=O) groups excluding carboxylic acids is 2. The second-order valence-electron chi connectivity index (χ2n) is 10.6. The molecule has 0 saturated carbocycles. The van der Waals surface area contributed by atoms with E-state index in [1.165, 1.54) is 12.3 Å². The third kappa shape index (κ3) is 7.34. The molecule has 5 rings (SSSR count). The van der Waals surface area contributed by atoms with Gasteiger partial charge in [-0.05, 0) is 13.0 Å². The van der Waals surface area contributed by atoms with E-state index in [4.69, 9.17) is 19.9 Å². The molecule has 3 aliphatic rings. The molecule has 44 heavy (non-hydrogen) atoms. The van der Waals surface area contributed by atoms with Crippen LogP contribution in [0.15, 0.2) is 18.9 Å². The Morgan fingerprint density at radius 2 is 1.86 bits per heavy atom. The van der Waals surface area contributed by atoms with E-state index in [9.17, 15) is 18.4 Å². The highest BCUT2D eigenvalue weighted by Crippen LogP contribution is 2.30. The van der Waals surface area contributed by atoms with Crippen LogP contribution in [0.25, 0.3) is 11.4 Å². The first-order valence-corrected chi connectivity index (χ1v) is 14.4. The van der Waals surface area contributed by atoms with Gasteiger partial charge in [0.15, 0.2) is 5.82 Å². The Morgan fingerprint density at radius 3 is 2.59 bits per heavy atom. The molecule has 2 N–H and O–H groups in total. The van der Waals surface area contributed by atoms with Gasteiger partial charge in [0.05, 0.1) is 44.1 Å². The molecular weight excluding hydrogens is 582 g/mol. The van der Waals surface area contributed by atoms with Gasteiger partial charge in [-0.2, -0.15) is 15.0 Å². The number of ether oxygens (including phenoxy) is 3. The number of nitrogens with two attached hydrogens (primary N) is 1. The third-order valence-electron chi connectivity index (χ3n) is 7.59. The van der Waals surface area contributed by atoms with E-state index in [1.54, 1.807) is 9.80 Å². The van der Waals surface area contributed by atoms with E-state index >= 15 is 0 Å². The van der Waals surface area contributed by atoms with Crippen LogP contribution in [0.2, 0.25) is 0 Å². The number of halogens is 2. The SMILES string of the molecule is C=CC(=O)N1CCO[C@@H](COCC(=O)N2CCN(c3nc(-c4cnc(N)nc4C(F)F)nc(N4CCOC[C@@H]4C)n3)CC2)C1. The molecule has 3 fully saturated rings. The molecule has 5 heterocycles. The largest absolute Gasteiger partial charge is 0.377 e. The van der Waals surface area contributed by atoms with Crippen molar-refractivity contribution in [2.24, 2.45) is 0 Å². The van der Waals surface area contributed by atoms with Crippen LogP contribution in [-0.2, 0) is 23.8 Å². The monoisotopic (exact) mass is 618 g/mol. The highest BCUT2D eigenvalue weighted by atomic mass is 19.3. The number of nitrogen functional groups attached to an aromatic ring is 1. The molecule has 2 aromatic heterocycles. The fraction of sp³-hybridized carbons (Fsp3) is 0.593. The number of anilines is 3. The predicted octanol–water partition coefficient (Wildman–Crippen LogP) is 0.152. The van der Waals surface area contributed by atoms with Gasteiger partial charge in [0.2, 0.25) is 29.7 Å². The molecular formula is C27H36F2N10O5. The van der Waals surface area contributed by atoms with Gasteiger partial charge in [-0.25, -0.2) is 18.7 Å². The quantitative estimate of drug-likeness (QED) is 0.378. The van der Waals surface area contributed by atoms with Crippen LogP contribution in [0.3, 0.4) is 0 Å². The Kier molecular flexibility index (Phi) is 10.1. The topological polar surface area (TPSA) is 165 Å². The molecule has 0 bridgehead atoms. The van der Waals surface area contributed by atoms with Gasteiger partial charge in [0, 0.05) is 52.0 Å². The Labute approximate surface area is 253 Å². The minimum Gasteiger partial charge on any atom is -0.377 e. The van der Waals surface area contributed by atoms with E-state index in [1.807, 2.05) is 16.7 Å². The van der Waals surface area contributed by atoms with E-state index in [-0.39, 0.29) is 60.5 Å². The number of aromatic nitrogens is 5. The summed E-state index contributed by atoms with van der Waals surface area (Å²) in [6.45, 7) is 9.77. The number of carbonyl (C=O) groups is 2. The highest BCUT2D eigenvalue weighted by molar-refractivity contribution is 5.87. The number of alkyl halides is 2. The van der Waals surface area contributed by atoms with Gasteiger partial charge < -0.3 is 39.5 Å². The maximum absolute atomic E-state index is 13.9. The average Bonchev–Trinajstić information content (AvgIpc) is 3.04. The van der Waals surface area contributed by atoms with E-state index < -0.39 is 12.1 Å². The number of piperazine rings is 1. The molecule has 0 radical (unpaired) electrons. The summed E-state index contributed by atoms with van der Waals surface area (Å²) in [7, 11) is 0. The molecule has 0 unspecified atom stereocenters. The molecule has 3 aliphatic heterocycles. The van der Waals surface area contributed by atoms with Gasteiger partial charge in [-0.3, -0.25) is 9.59 Å². The minimum absolute atomic E-state index is 0.00388. The van der Waals surface area contributed by atoms with Crippen molar-refractivity contribution in [1.82, 2.24) is 34.7 Å². The summed E-state index contributed by atoms with van der Waals surface area (Å²) in [6, 6.07) is -0.0527. The summed E-state index contributed by atoms with van der Waals surface area (Å²) in [5, 5.41) is 0. The van der Waals surface area contributed by atoms with Crippen molar-refractivity contribution in [2.75, 3.05) is 94.4 Å². The number of hydrogen-bond donors (Lipinski definition) is 1. The van der Waals surface area contributed by atoms with Crippen LogP contribution in [0.5, 0.6) is 0 Å². The van der Waals surface area contributed by atoms with Gasteiger partial charge in [0.25, 0.3) is 6.43 Å². The first-order valence-electron chi connectivity index (χ1n) is 14.4. The summed E-state index contributed by atoms with van der Waals surface area (Å²) < 4.78 is 44.7. The van der Waals surface area contributed by atoms with Crippen molar-refractivity contribution in [3.8, 4) is 11.4 Å². The summed E-state index contributed by atoms with van der Waals surface area (Å²) in [5.74, 6) is -0.00911. The zero-order valence-corrected chi connectivity index (χ0v) is 24.5. The predicted molar refractivity (Wildman–Crippen MR) is 154 cm³/mol. The standard InChI is InChI=1S/C27H36F2N10O5/c1-3-20(40)38-8-11-44-18(13-38)15-43-16-21(41)36-4-6-37(7-5-36)26-33-24(19-12-31-25(30)32-22(19)23(28)29)34-27(35-26)39-9-10-42-14-17(39)2/h3,12,17-18,23H,1,4-11,13-16H2,2H3,(H2,30,31,32)/t17-,18+/m0/s1. The molecule has 0 spiro atoms. The number of hydrogen-bond acceptors (Lipinski definition) is 13. The second kappa shape index (κ2) is 14.1. The molecule has 0 aromatic carbocycles. The van der Waals surface area contributed by atoms with Crippen molar-refractivity contribution in [3.63, 3.8) is 0 Å². The van der Waals surface area contributed by atoms with Crippen molar-refractivity contribution in [1.29, 1.82) is 0 Å². The lowest BCUT2D eigenvalue weighted by Crippen LogP contribution is -2.51. The van der Waals surface area contributed by atoms with Gasteiger partial charge in [0.1, 0.15) is 12.3 Å². The summed E-state index contributed by atoms with van der Waals surface area (Å²) >= 11 is 0. The summed E-state index contributed by atoms with van der Waals surface area (Å²) in [5.41, 5.74) is 4.98. The zero-order valence-electron chi connectivity index (χ0n) is 24.5. The first kappa shape index (κ1) is 31.3. The van der Waals surface area contributed by atoms with Gasteiger partial charge >= 0.3 is 0 Å². The highest BCUT2D eigenvalue weighted by Gasteiger charge is 2.29. The lowest BCUT2D eigenvalue weighted by Gasteiger charge is -2.36. The van der Waals surface area contributed by atoms with Crippen LogP contribution in [0.4, 0.5) is 26.6 Å². The maximum atomic E-state index is 13.9. The Bertz CT molecular complexity index is 1350. The molecule has 238 valence electrons. The molecule has 3 saturated heterocycles. The summed E-state index contributed by atoms with van der Waals surface area (Å²) in [6.07, 6.45) is -0.785. The number of rotatable bonds is 9. The van der Waals surface area contributed by atoms with Crippen LogP contribution in [0, 0.1) is 0 Å². The fourth-order valence-corrected chi connectivity index (χ4v) is 5.19. The number of nitrogens with zero attached hydrogens (tertiary/aromatic N) is 9. The van der Waals surface area contributed by atoms with Crippen molar-refractivity contribution < 1.29 is 32.6 Å². The lowest BCUT2D eigenvalue weighted by atomic mass is 10.2. The van der Waals surface area contributed by atoms with Crippen LogP contribution < -0.4 is 15.5 Å². The molecule has 2 amide bonds. The zero-order chi connectivity index (χ0) is 31.2. The maximum Gasteiger partial charge on any atom is 0.281 e. The van der Waals surface area contributed by atoms with E-state index in [0.717, 1.165) is 0 Å². The third-order valence-corrected chi connectivity index (χ3v) is 7.59. The fourth-order valence-electron chi connectivity index (χ4n) is 5.19. The normalized spacial score (nSPS) is 21.1.